The maximum atomic E-state index is 11.9. The van der Waals surface area contributed by atoms with Crippen molar-refractivity contribution in [3.8, 4) is 0 Å². The van der Waals surface area contributed by atoms with Gasteiger partial charge in [-0.05, 0) is 40.8 Å². The summed E-state index contributed by atoms with van der Waals surface area (Å²) in [7, 11) is 0. The van der Waals surface area contributed by atoms with Gasteiger partial charge in [0.1, 0.15) is 5.76 Å². The van der Waals surface area contributed by atoms with Crippen molar-refractivity contribution in [1.82, 2.24) is 0 Å². The fourth-order valence-corrected chi connectivity index (χ4v) is 2.55. The fraction of sp³-hybridized carbons (Fsp3) is 0. The molecule has 1 aliphatic heterocycles. The zero-order chi connectivity index (χ0) is 16.6. The van der Waals surface area contributed by atoms with Crippen molar-refractivity contribution in [2.75, 3.05) is 0 Å². The summed E-state index contributed by atoms with van der Waals surface area (Å²) in [5, 5.41) is 10.8. The minimum Gasteiger partial charge on any atom is -0.451 e. The van der Waals surface area contributed by atoms with Crippen LogP contribution >= 0.6 is 34.2 Å². The van der Waals surface area contributed by atoms with Crippen molar-refractivity contribution in [2.24, 2.45) is 4.99 Å². The molecule has 2 heterocycles. The van der Waals surface area contributed by atoms with E-state index in [0.29, 0.717) is 15.1 Å². The second-order valence-electron chi connectivity index (χ2n) is 4.40. The number of non-ortho nitro benzene ring substituents is 1. The lowest BCUT2D eigenvalue weighted by Gasteiger charge is -2.02. The van der Waals surface area contributed by atoms with E-state index in [-0.39, 0.29) is 22.3 Å². The van der Waals surface area contributed by atoms with Crippen molar-refractivity contribution in [1.29, 1.82) is 0 Å². The lowest BCUT2D eigenvalue weighted by atomic mass is 10.2. The SMILES string of the molecule is O=C1OC(c2ccc([N+](=O)[O-])cc2Cl)=NC1=Cc1ccc(I)o1. The van der Waals surface area contributed by atoms with Crippen molar-refractivity contribution >= 4 is 57.8 Å². The highest BCUT2D eigenvalue weighted by Gasteiger charge is 2.26. The number of nitro benzene ring substituents is 1. The van der Waals surface area contributed by atoms with E-state index >= 15 is 0 Å². The standard InChI is InChI=1S/C14H6ClIN2O5/c15-10-5-7(18(20)21)1-3-9(10)13-17-11(14(19)23-13)6-8-2-4-12(16)22-8/h1-6H. The average Bonchev–Trinajstić information content (AvgIpc) is 3.06. The van der Waals surface area contributed by atoms with E-state index in [1.165, 1.54) is 24.3 Å². The predicted octanol–water partition coefficient (Wildman–Crippen LogP) is 3.79. The normalized spacial score (nSPS) is 15.7. The first kappa shape index (κ1) is 15.7. The third-order valence-corrected chi connectivity index (χ3v) is 3.78. The molecule has 0 amide bonds. The molecule has 0 radical (unpaired) electrons. The lowest BCUT2D eigenvalue weighted by Crippen LogP contribution is -2.06. The number of carbonyl (C=O) groups excluding carboxylic acids is 1. The molecule has 23 heavy (non-hydrogen) atoms. The molecule has 9 heteroatoms. The number of furan rings is 1. The molecule has 1 aromatic carbocycles. The van der Waals surface area contributed by atoms with E-state index in [2.05, 4.69) is 4.99 Å². The Bertz CT molecular complexity index is 887. The number of benzene rings is 1. The van der Waals surface area contributed by atoms with Crippen LogP contribution in [0.3, 0.4) is 0 Å². The lowest BCUT2D eigenvalue weighted by molar-refractivity contribution is -0.384. The molecule has 0 atom stereocenters. The van der Waals surface area contributed by atoms with E-state index in [4.69, 9.17) is 20.8 Å². The van der Waals surface area contributed by atoms with Gasteiger partial charge in [0.25, 0.3) is 5.69 Å². The van der Waals surface area contributed by atoms with Crippen molar-refractivity contribution < 1.29 is 18.9 Å². The Morgan fingerprint density at radius 1 is 1.30 bits per heavy atom. The smallest absolute Gasteiger partial charge is 0.363 e. The number of halogens is 2. The first-order valence-electron chi connectivity index (χ1n) is 6.16. The molecule has 1 aromatic heterocycles. The van der Waals surface area contributed by atoms with Gasteiger partial charge in [0.2, 0.25) is 5.90 Å². The molecule has 0 aliphatic carbocycles. The zero-order valence-corrected chi connectivity index (χ0v) is 14.1. The van der Waals surface area contributed by atoms with E-state index in [0.717, 1.165) is 0 Å². The number of cyclic esters (lactones) is 1. The van der Waals surface area contributed by atoms with Gasteiger partial charge in [-0.15, -0.1) is 0 Å². The zero-order valence-electron chi connectivity index (χ0n) is 11.2. The van der Waals surface area contributed by atoms with Gasteiger partial charge >= 0.3 is 5.97 Å². The van der Waals surface area contributed by atoms with Crippen LogP contribution in [0.1, 0.15) is 11.3 Å². The van der Waals surface area contributed by atoms with Gasteiger partial charge in [0, 0.05) is 18.2 Å². The molecule has 3 rings (SSSR count). The summed E-state index contributed by atoms with van der Waals surface area (Å²) >= 11 is 7.99. The third-order valence-electron chi connectivity index (χ3n) is 2.89. The van der Waals surface area contributed by atoms with E-state index in [1.807, 2.05) is 22.6 Å². The van der Waals surface area contributed by atoms with Crippen LogP contribution in [-0.4, -0.2) is 16.8 Å². The summed E-state index contributed by atoms with van der Waals surface area (Å²) < 4.78 is 11.1. The average molecular weight is 445 g/mol. The number of nitro groups is 1. The predicted molar refractivity (Wildman–Crippen MR) is 90.1 cm³/mol. The Balaban J connectivity index is 1.95. The number of aliphatic imine (C=N–C) groups is 1. The molecule has 116 valence electrons. The Kier molecular flexibility index (Phi) is 4.18. The maximum absolute atomic E-state index is 11.9. The highest BCUT2D eigenvalue weighted by molar-refractivity contribution is 14.1. The largest absolute Gasteiger partial charge is 0.451 e. The molecule has 7 nitrogen and oxygen atoms in total. The molecule has 0 N–H and O–H groups in total. The van der Waals surface area contributed by atoms with E-state index in [1.54, 1.807) is 12.1 Å². The summed E-state index contributed by atoms with van der Waals surface area (Å²) in [4.78, 5) is 26.1. The monoisotopic (exact) mass is 444 g/mol. The number of ether oxygens (including phenoxy) is 1. The van der Waals surface area contributed by atoms with Gasteiger partial charge in [0.05, 0.1) is 15.5 Å². The van der Waals surface area contributed by atoms with Gasteiger partial charge in [0.15, 0.2) is 9.46 Å². The number of rotatable bonds is 3. The van der Waals surface area contributed by atoms with E-state index < -0.39 is 10.9 Å². The molecule has 0 bridgehead atoms. The van der Waals surface area contributed by atoms with E-state index in [9.17, 15) is 14.9 Å². The minimum atomic E-state index is -0.652. The Labute approximate surface area is 147 Å². The Morgan fingerprint density at radius 3 is 2.70 bits per heavy atom. The van der Waals surface area contributed by atoms with Crippen molar-refractivity contribution in [2.45, 2.75) is 0 Å². The molecule has 0 saturated carbocycles. The number of esters is 1. The minimum absolute atomic E-state index is 0.0117. The van der Waals surface area contributed by atoms with Gasteiger partial charge in [-0.3, -0.25) is 10.1 Å². The number of nitrogens with zero attached hydrogens (tertiary/aromatic N) is 2. The molecule has 0 saturated heterocycles. The Morgan fingerprint density at radius 2 is 2.09 bits per heavy atom. The molecular formula is C14H6ClIN2O5. The van der Waals surface area contributed by atoms with Crippen LogP contribution in [0.15, 0.2) is 45.4 Å². The molecular weight excluding hydrogens is 439 g/mol. The van der Waals surface area contributed by atoms with Crippen LogP contribution in [0.4, 0.5) is 5.69 Å². The molecule has 0 spiro atoms. The summed E-state index contributed by atoms with van der Waals surface area (Å²) in [5.41, 5.74) is 0.188. The Hall–Kier alpha value is -2.20. The summed E-state index contributed by atoms with van der Waals surface area (Å²) in [6.45, 7) is 0. The number of carbonyl (C=O) groups is 1. The second kappa shape index (κ2) is 6.13. The van der Waals surface area contributed by atoms with Crippen LogP contribution < -0.4 is 0 Å². The number of hydrogen-bond donors (Lipinski definition) is 0. The van der Waals surface area contributed by atoms with Gasteiger partial charge in [-0.1, -0.05) is 11.6 Å². The first-order chi connectivity index (χ1) is 10.9. The quantitative estimate of drug-likeness (QED) is 0.236. The van der Waals surface area contributed by atoms with Crippen molar-refractivity contribution in [3.63, 3.8) is 0 Å². The third kappa shape index (κ3) is 3.27. The topological polar surface area (TPSA) is 94.9 Å². The van der Waals surface area contributed by atoms with Crippen LogP contribution in [0.25, 0.3) is 6.08 Å². The van der Waals surface area contributed by atoms with Gasteiger partial charge in [-0.2, -0.15) is 0 Å². The summed E-state index contributed by atoms with van der Waals surface area (Å²) in [6.07, 6.45) is 1.44. The summed E-state index contributed by atoms with van der Waals surface area (Å²) in [6, 6.07) is 7.24. The van der Waals surface area contributed by atoms with Crippen LogP contribution in [0, 0.1) is 13.9 Å². The van der Waals surface area contributed by atoms with Crippen molar-refractivity contribution in [3.05, 3.63) is 66.3 Å². The highest BCUT2D eigenvalue weighted by atomic mass is 127. The van der Waals surface area contributed by atoms with Crippen LogP contribution in [0.5, 0.6) is 0 Å². The molecule has 0 unspecified atom stereocenters. The molecule has 0 fully saturated rings. The first-order valence-corrected chi connectivity index (χ1v) is 7.62. The molecule has 1 aliphatic rings. The van der Waals surface area contributed by atoms with Crippen LogP contribution in [0.2, 0.25) is 5.02 Å². The second-order valence-corrected chi connectivity index (χ2v) is 5.87. The number of hydrogen-bond acceptors (Lipinski definition) is 6. The fourth-order valence-electron chi connectivity index (χ4n) is 1.86. The van der Waals surface area contributed by atoms with Crippen LogP contribution in [-0.2, 0) is 9.53 Å². The summed E-state index contributed by atoms with van der Waals surface area (Å²) in [5.74, 6) is -0.204. The molecule has 2 aromatic rings. The van der Waals surface area contributed by atoms with Gasteiger partial charge in [-0.25, -0.2) is 9.79 Å². The van der Waals surface area contributed by atoms with Gasteiger partial charge < -0.3 is 9.15 Å². The highest BCUT2D eigenvalue weighted by Crippen LogP contribution is 2.27. The maximum Gasteiger partial charge on any atom is 0.363 e.